The van der Waals surface area contributed by atoms with Crippen molar-refractivity contribution in [2.75, 3.05) is 12.3 Å². The van der Waals surface area contributed by atoms with E-state index < -0.39 is 10.1 Å². The van der Waals surface area contributed by atoms with Crippen molar-refractivity contribution in [1.29, 1.82) is 0 Å². The second-order valence-electron chi connectivity index (χ2n) is 3.09. The minimum Gasteiger partial charge on any atom is -0.312 e. The molecule has 15 heavy (non-hydrogen) atoms. The van der Waals surface area contributed by atoms with Crippen LogP contribution in [-0.4, -0.2) is 25.3 Å². The number of hydrogen-bond donors (Lipinski definition) is 2. The lowest BCUT2D eigenvalue weighted by Gasteiger charge is -2.03. The summed E-state index contributed by atoms with van der Waals surface area (Å²) in [5.74, 6) is -0.674. The molecule has 0 amide bonds. The molecule has 2 N–H and O–H groups in total. The molecule has 0 aromatic heterocycles. The molecule has 0 aliphatic carbocycles. The van der Waals surface area contributed by atoms with Crippen molar-refractivity contribution in [1.82, 2.24) is 5.32 Å². The summed E-state index contributed by atoms with van der Waals surface area (Å²) in [6, 6.07) is 6.00. The molecule has 0 heterocycles. The summed E-state index contributed by atoms with van der Waals surface area (Å²) >= 11 is 0. The lowest BCUT2D eigenvalue weighted by Crippen LogP contribution is -2.22. The van der Waals surface area contributed by atoms with Crippen LogP contribution in [0.5, 0.6) is 0 Å². The highest BCUT2D eigenvalue weighted by molar-refractivity contribution is 7.85. The summed E-state index contributed by atoms with van der Waals surface area (Å²) in [6.45, 7) is 0.503. The summed E-state index contributed by atoms with van der Waals surface area (Å²) in [7, 11) is -3.92. The van der Waals surface area contributed by atoms with Gasteiger partial charge in [0, 0.05) is 13.1 Å². The fourth-order valence-corrected chi connectivity index (χ4v) is 1.48. The van der Waals surface area contributed by atoms with Gasteiger partial charge in [-0.1, -0.05) is 12.1 Å². The third-order valence-electron chi connectivity index (χ3n) is 1.75. The molecule has 0 radical (unpaired) electrons. The van der Waals surface area contributed by atoms with Crippen LogP contribution < -0.4 is 5.32 Å². The predicted molar refractivity (Wildman–Crippen MR) is 54.5 cm³/mol. The predicted octanol–water partition coefficient (Wildman–Crippen LogP) is 0.803. The standard InChI is InChI=1S/C9H12FNO3S/c10-9-3-1-2-8(6-9)7-11-4-5-15(12,13)14/h1-3,6,11H,4-5,7H2,(H,12,13,14). The molecule has 0 aliphatic heterocycles. The molecule has 0 atom stereocenters. The van der Waals surface area contributed by atoms with E-state index in [1.807, 2.05) is 0 Å². The Hall–Kier alpha value is -0.980. The van der Waals surface area contributed by atoms with E-state index in [1.54, 1.807) is 12.1 Å². The van der Waals surface area contributed by atoms with Crippen LogP contribution in [0.25, 0.3) is 0 Å². The number of halogens is 1. The molecule has 4 nitrogen and oxygen atoms in total. The van der Waals surface area contributed by atoms with Gasteiger partial charge in [0.15, 0.2) is 0 Å². The van der Waals surface area contributed by atoms with Gasteiger partial charge < -0.3 is 5.32 Å². The molecule has 0 unspecified atom stereocenters. The van der Waals surface area contributed by atoms with E-state index >= 15 is 0 Å². The molecule has 84 valence electrons. The van der Waals surface area contributed by atoms with E-state index in [1.165, 1.54) is 12.1 Å². The summed E-state index contributed by atoms with van der Waals surface area (Å²) in [5.41, 5.74) is 0.727. The lowest BCUT2D eigenvalue weighted by atomic mass is 10.2. The molecular weight excluding hydrogens is 221 g/mol. The van der Waals surface area contributed by atoms with Crippen LogP contribution in [0.1, 0.15) is 5.56 Å². The van der Waals surface area contributed by atoms with Crippen molar-refractivity contribution < 1.29 is 17.4 Å². The van der Waals surface area contributed by atoms with Crippen LogP contribution in [0, 0.1) is 5.82 Å². The van der Waals surface area contributed by atoms with Gasteiger partial charge in [-0.3, -0.25) is 4.55 Å². The molecule has 1 rings (SSSR count). The maximum Gasteiger partial charge on any atom is 0.266 e. The molecule has 1 aromatic rings. The molecule has 6 heteroatoms. The molecular formula is C9H12FNO3S. The Morgan fingerprint density at radius 2 is 2.13 bits per heavy atom. The fourth-order valence-electron chi connectivity index (χ4n) is 1.08. The smallest absolute Gasteiger partial charge is 0.266 e. The van der Waals surface area contributed by atoms with Crippen LogP contribution in [0.15, 0.2) is 24.3 Å². The minimum atomic E-state index is -3.92. The zero-order valence-corrected chi connectivity index (χ0v) is 8.80. The maximum absolute atomic E-state index is 12.7. The first-order valence-electron chi connectivity index (χ1n) is 4.38. The third-order valence-corrected chi connectivity index (χ3v) is 2.47. The second-order valence-corrected chi connectivity index (χ2v) is 4.66. The Morgan fingerprint density at radius 3 is 2.73 bits per heavy atom. The maximum atomic E-state index is 12.7. The second kappa shape index (κ2) is 5.20. The summed E-state index contributed by atoms with van der Waals surface area (Å²) in [4.78, 5) is 0. The van der Waals surface area contributed by atoms with Gasteiger partial charge >= 0.3 is 0 Å². The van der Waals surface area contributed by atoms with Crippen LogP contribution in [0.3, 0.4) is 0 Å². The van der Waals surface area contributed by atoms with E-state index in [0.29, 0.717) is 6.54 Å². The number of hydrogen-bond acceptors (Lipinski definition) is 3. The Kier molecular flexibility index (Phi) is 4.19. The third kappa shape index (κ3) is 5.46. The van der Waals surface area contributed by atoms with Gasteiger partial charge in [0.05, 0.1) is 5.75 Å². The Bertz CT molecular complexity index is 419. The zero-order chi connectivity index (χ0) is 11.3. The molecule has 1 aromatic carbocycles. The summed E-state index contributed by atoms with van der Waals surface area (Å²) in [6.07, 6.45) is 0. The van der Waals surface area contributed by atoms with Gasteiger partial charge in [-0.05, 0) is 17.7 Å². The first-order valence-corrected chi connectivity index (χ1v) is 5.98. The molecule has 0 fully saturated rings. The van der Waals surface area contributed by atoms with Crippen molar-refractivity contribution in [3.8, 4) is 0 Å². The van der Waals surface area contributed by atoms with Crippen molar-refractivity contribution in [2.45, 2.75) is 6.54 Å². The lowest BCUT2D eigenvalue weighted by molar-refractivity contribution is 0.480. The van der Waals surface area contributed by atoms with Crippen LogP contribution in [-0.2, 0) is 16.7 Å². The molecule has 0 spiro atoms. The minimum absolute atomic E-state index is 0.134. The first kappa shape index (κ1) is 12.1. The fraction of sp³-hybridized carbons (Fsp3) is 0.333. The van der Waals surface area contributed by atoms with Crippen molar-refractivity contribution in [2.24, 2.45) is 0 Å². The van der Waals surface area contributed by atoms with E-state index in [0.717, 1.165) is 5.56 Å². The summed E-state index contributed by atoms with van der Waals surface area (Å²) < 4.78 is 41.8. The molecule has 0 bridgehead atoms. The average molecular weight is 233 g/mol. The molecule has 0 saturated carbocycles. The van der Waals surface area contributed by atoms with Gasteiger partial charge in [-0.25, -0.2) is 4.39 Å². The van der Waals surface area contributed by atoms with Crippen molar-refractivity contribution in [3.05, 3.63) is 35.6 Å². The van der Waals surface area contributed by atoms with Crippen LogP contribution in [0.2, 0.25) is 0 Å². The normalized spacial score (nSPS) is 11.6. The van der Waals surface area contributed by atoms with Gasteiger partial charge in [0.25, 0.3) is 10.1 Å². The topological polar surface area (TPSA) is 66.4 Å². The summed E-state index contributed by atoms with van der Waals surface area (Å²) in [5, 5.41) is 2.78. The largest absolute Gasteiger partial charge is 0.312 e. The van der Waals surface area contributed by atoms with E-state index in [9.17, 15) is 12.8 Å². The Balaban J connectivity index is 2.32. The van der Waals surface area contributed by atoms with Crippen LogP contribution in [0.4, 0.5) is 4.39 Å². The van der Waals surface area contributed by atoms with Gasteiger partial charge in [-0.2, -0.15) is 8.42 Å². The first-order chi connectivity index (χ1) is 6.97. The molecule has 0 saturated heterocycles. The van der Waals surface area contributed by atoms with E-state index in [2.05, 4.69) is 5.32 Å². The monoisotopic (exact) mass is 233 g/mol. The number of benzene rings is 1. The Labute approximate surface area is 87.9 Å². The Morgan fingerprint density at radius 1 is 1.40 bits per heavy atom. The average Bonchev–Trinajstić information content (AvgIpc) is 2.11. The highest BCUT2D eigenvalue weighted by Gasteiger charge is 2.02. The molecule has 0 aliphatic rings. The van der Waals surface area contributed by atoms with Crippen molar-refractivity contribution in [3.63, 3.8) is 0 Å². The van der Waals surface area contributed by atoms with Gasteiger partial charge in [0.2, 0.25) is 0 Å². The SMILES string of the molecule is O=S(=O)(O)CCNCc1cccc(F)c1. The van der Waals surface area contributed by atoms with E-state index in [4.69, 9.17) is 4.55 Å². The van der Waals surface area contributed by atoms with E-state index in [-0.39, 0.29) is 18.1 Å². The van der Waals surface area contributed by atoms with Gasteiger partial charge in [0.1, 0.15) is 5.82 Å². The highest BCUT2D eigenvalue weighted by Crippen LogP contribution is 2.02. The highest BCUT2D eigenvalue weighted by atomic mass is 32.2. The van der Waals surface area contributed by atoms with Crippen LogP contribution >= 0.6 is 0 Å². The number of nitrogens with one attached hydrogen (secondary N) is 1. The number of rotatable bonds is 5. The quantitative estimate of drug-likeness (QED) is 0.583. The zero-order valence-electron chi connectivity index (χ0n) is 7.98. The van der Waals surface area contributed by atoms with Crippen molar-refractivity contribution >= 4 is 10.1 Å². The van der Waals surface area contributed by atoms with Gasteiger partial charge in [-0.15, -0.1) is 0 Å².